The fraction of sp³-hybridized carbons (Fsp3) is 0.615. The monoisotopic (exact) mass is 261 g/mol. The van der Waals surface area contributed by atoms with E-state index >= 15 is 0 Å². The van der Waals surface area contributed by atoms with Crippen molar-refractivity contribution in [3.63, 3.8) is 0 Å². The smallest absolute Gasteiger partial charge is 0.209 e. The molecular weight excluding hydrogens is 242 g/mol. The highest BCUT2D eigenvalue weighted by atomic mass is 16.1. The molecule has 1 aromatic heterocycles. The summed E-state index contributed by atoms with van der Waals surface area (Å²) in [6.07, 6.45) is 3.38. The Hall–Kier alpha value is -1.85. The summed E-state index contributed by atoms with van der Waals surface area (Å²) in [7, 11) is 0. The van der Waals surface area contributed by atoms with Gasteiger partial charge in [0.15, 0.2) is 0 Å². The van der Waals surface area contributed by atoms with Crippen LogP contribution < -0.4 is 10.2 Å². The Bertz CT molecular complexity index is 466. The molecule has 2 fully saturated rings. The van der Waals surface area contributed by atoms with Gasteiger partial charge in [-0.05, 0) is 19.8 Å². The van der Waals surface area contributed by atoms with Gasteiger partial charge in [0.2, 0.25) is 6.41 Å². The molecule has 6 nitrogen and oxygen atoms in total. The Morgan fingerprint density at radius 2 is 2.00 bits per heavy atom. The number of aryl methyl sites for hydroxylation is 1. The van der Waals surface area contributed by atoms with Crippen molar-refractivity contribution >= 4 is 18.0 Å². The number of hydrogen-bond donors (Lipinski definition) is 1. The van der Waals surface area contributed by atoms with Crippen molar-refractivity contribution < 1.29 is 4.79 Å². The summed E-state index contributed by atoms with van der Waals surface area (Å²) < 4.78 is 0. The minimum Gasteiger partial charge on any atom is -0.367 e. The van der Waals surface area contributed by atoms with Crippen molar-refractivity contribution in [3.05, 3.63) is 11.9 Å². The molecule has 0 radical (unpaired) electrons. The van der Waals surface area contributed by atoms with Crippen LogP contribution >= 0.6 is 0 Å². The molecule has 3 rings (SSSR count). The number of piperazine rings is 1. The number of carbonyl (C=O) groups is 1. The summed E-state index contributed by atoms with van der Waals surface area (Å²) in [6, 6.07) is 2.61. The minimum atomic E-state index is 0.592. The predicted molar refractivity (Wildman–Crippen MR) is 73.3 cm³/mol. The lowest BCUT2D eigenvalue weighted by Gasteiger charge is -2.33. The quantitative estimate of drug-likeness (QED) is 0.806. The van der Waals surface area contributed by atoms with Crippen molar-refractivity contribution in [1.82, 2.24) is 14.9 Å². The molecule has 1 saturated heterocycles. The predicted octanol–water partition coefficient (Wildman–Crippen LogP) is 0.638. The van der Waals surface area contributed by atoms with Crippen LogP contribution in [0, 0.1) is 6.92 Å². The zero-order valence-electron chi connectivity index (χ0n) is 11.2. The van der Waals surface area contributed by atoms with E-state index in [0.29, 0.717) is 6.04 Å². The number of anilines is 2. The number of aromatic nitrogens is 2. The van der Waals surface area contributed by atoms with E-state index in [-0.39, 0.29) is 0 Å². The van der Waals surface area contributed by atoms with Gasteiger partial charge in [-0.25, -0.2) is 9.97 Å². The maximum Gasteiger partial charge on any atom is 0.209 e. The highest BCUT2D eigenvalue weighted by Gasteiger charge is 2.23. The van der Waals surface area contributed by atoms with Crippen molar-refractivity contribution in [1.29, 1.82) is 0 Å². The molecule has 0 bridgehead atoms. The summed E-state index contributed by atoms with van der Waals surface area (Å²) in [5.74, 6) is 2.67. The fourth-order valence-electron chi connectivity index (χ4n) is 2.28. The van der Waals surface area contributed by atoms with Crippen LogP contribution in [0.3, 0.4) is 0 Å². The third-order valence-corrected chi connectivity index (χ3v) is 3.54. The fourth-order valence-corrected chi connectivity index (χ4v) is 2.28. The Morgan fingerprint density at radius 1 is 1.26 bits per heavy atom. The zero-order valence-corrected chi connectivity index (χ0v) is 11.2. The SMILES string of the molecule is Cc1nc(NC2CC2)cc(N2CCN(C=O)CC2)n1. The van der Waals surface area contributed by atoms with Crippen molar-refractivity contribution in [3.8, 4) is 0 Å². The van der Waals surface area contributed by atoms with Crippen LogP contribution in [0.5, 0.6) is 0 Å². The molecule has 102 valence electrons. The summed E-state index contributed by atoms with van der Waals surface area (Å²) in [5, 5.41) is 3.41. The van der Waals surface area contributed by atoms with Crippen LogP contribution in [0.25, 0.3) is 0 Å². The summed E-state index contributed by atoms with van der Waals surface area (Å²) in [5.41, 5.74) is 0. The molecule has 1 aromatic rings. The third-order valence-electron chi connectivity index (χ3n) is 3.54. The second-order valence-electron chi connectivity index (χ2n) is 5.21. The van der Waals surface area contributed by atoms with Crippen molar-refractivity contribution in [2.24, 2.45) is 0 Å². The lowest BCUT2D eigenvalue weighted by atomic mass is 10.3. The molecule has 0 spiro atoms. The molecule has 2 aliphatic rings. The van der Waals surface area contributed by atoms with Gasteiger partial charge in [-0.1, -0.05) is 0 Å². The molecule has 0 atom stereocenters. The van der Waals surface area contributed by atoms with Crippen LogP contribution in [-0.4, -0.2) is 53.5 Å². The van der Waals surface area contributed by atoms with E-state index in [9.17, 15) is 4.79 Å². The van der Waals surface area contributed by atoms with Gasteiger partial charge in [0.1, 0.15) is 17.5 Å². The first-order valence-electron chi connectivity index (χ1n) is 6.81. The Morgan fingerprint density at radius 3 is 2.63 bits per heavy atom. The third kappa shape index (κ3) is 2.94. The van der Waals surface area contributed by atoms with Crippen LogP contribution in [0.2, 0.25) is 0 Å². The highest BCUT2D eigenvalue weighted by molar-refractivity contribution is 5.52. The maximum atomic E-state index is 10.7. The van der Waals surface area contributed by atoms with Gasteiger partial charge in [-0.15, -0.1) is 0 Å². The van der Waals surface area contributed by atoms with Crippen molar-refractivity contribution in [2.75, 3.05) is 36.4 Å². The van der Waals surface area contributed by atoms with Crippen molar-refractivity contribution in [2.45, 2.75) is 25.8 Å². The topological polar surface area (TPSA) is 61.4 Å². The van der Waals surface area contributed by atoms with Gasteiger partial charge in [-0.2, -0.15) is 0 Å². The molecule has 19 heavy (non-hydrogen) atoms. The van der Waals surface area contributed by atoms with E-state index in [1.165, 1.54) is 12.8 Å². The average molecular weight is 261 g/mol. The first-order valence-corrected chi connectivity index (χ1v) is 6.81. The number of rotatable bonds is 4. The molecule has 6 heteroatoms. The lowest BCUT2D eigenvalue weighted by molar-refractivity contribution is -0.118. The average Bonchev–Trinajstić information content (AvgIpc) is 3.22. The van der Waals surface area contributed by atoms with E-state index in [4.69, 9.17) is 0 Å². The van der Waals surface area contributed by atoms with Crippen LogP contribution in [0.4, 0.5) is 11.6 Å². The van der Waals surface area contributed by atoms with E-state index in [0.717, 1.165) is 50.0 Å². The van der Waals surface area contributed by atoms with Gasteiger partial charge >= 0.3 is 0 Å². The first kappa shape index (κ1) is 12.2. The number of hydrogen-bond acceptors (Lipinski definition) is 5. The summed E-state index contributed by atoms with van der Waals surface area (Å²) in [4.78, 5) is 23.7. The van der Waals surface area contributed by atoms with E-state index in [1.54, 1.807) is 4.90 Å². The summed E-state index contributed by atoms with van der Waals surface area (Å²) in [6.45, 7) is 5.11. The van der Waals surface area contributed by atoms with Gasteiger partial charge in [0.05, 0.1) is 0 Å². The number of carbonyl (C=O) groups excluding carboxylic acids is 1. The van der Waals surface area contributed by atoms with Crippen LogP contribution in [-0.2, 0) is 4.79 Å². The molecule has 1 N–H and O–H groups in total. The molecule has 0 unspecified atom stereocenters. The maximum absolute atomic E-state index is 10.7. The van der Waals surface area contributed by atoms with E-state index in [2.05, 4.69) is 20.2 Å². The molecule has 1 aliphatic carbocycles. The lowest BCUT2D eigenvalue weighted by Crippen LogP contribution is -2.46. The largest absolute Gasteiger partial charge is 0.367 e. The molecule has 1 aliphatic heterocycles. The van der Waals surface area contributed by atoms with E-state index in [1.807, 2.05) is 13.0 Å². The standard InChI is InChI=1S/C13H19N5O/c1-10-14-12(16-11-2-3-11)8-13(15-10)18-6-4-17(9-19)5-7-18/h8-9,11H,2-7H2,1H3,(H,14,15,16). The van der Waals surface area contributed by atoms with Gasteiger partial charge < -0.3 is 15.1 Å². The van der Waals surface area contributed by atoms with Gasteiger partial charge in [-0.3, -0.25) is 4.79 Å². The number of amides is 1. The zero-order chi connectivity index (χ0) is 13.2. The second kappa shape index (κ2) is 5.03. The van der Waals surface area contributed by atoms with Gasteiger partial charge in [0.25, 0.3) is 0 Å². The summed E-state index contributed by atoms with van der Waals surface area (Å²) >= 11 is 0. The molecule has 2 heterocycles. The Balaban J connectivity index is 1.72. The Kier molecular flexibility index (Phi) is 3.23. The molecular formula is C13H19N5O. The number of nitrogens with zero attached hydrogens (tertiary/aromatic N) is 4. The number of nitrogens with one attached hydrogen (secondary N) is 1. The van der Waals surface area contributed by atoms with E-state index < -0.39 is 0 Å². The second-order valence-corrected chi connectivity index (χ2v) is 5.21. The van der Waals surface area contributed by atoms with Crippen LogP contribution in [0.15, 0.2) is 6.07 Å². The first-order chi connectivity index (χ1) is 9.24. The molecule has 1 amide bonds. The van der Waals surface area contributed by atoms with Gasteiger partial charge in [0, 0.05) is 38.3 Å². The molecule has 1 saturated carbocycles. The normalized spacial score (nSPS) is 19.4. The minimum absolute atomic E-state index is 0.592. The molecule has 0 aromatic carbocycles. The highest BCUT2D eigenvalue weighted by Crippen LogP contribution is 2.25. The van der Waals surface area contributed by atoms with Crippen LogP contribution in [0.1, 0.15) is 18.7 Å². The Labute approximate surface area is 112 Å².